The first-order valence-corrected chi connectivity index (χ1v) is 6.96. The van der Waals surface area contributed by atoms with Crippen molar-refractivity contribution in [1.29, 1.82) is 0 Å². The van der Waals surface area contributed by atoms with Crippen molar-refractivity contribution in [3.05, 3.63) is 17.5 Å². The molecule has 0 saturated carbocycles. The normalized spacial score (nSPS) is 11.7. The van der Waals surface area contributed by atoms with Gasteiger partial charge in [-0.05, 0) is 33.0 Å². The van der Waals surface area contributed by atoms with Gasteiger partial charge in [0.2, 0.25) is 0 Å². The van der Waals surface area contributed by atoms with Gasteiger partial charge in [-0.2, -0.15) is 5.10 Å². The Bertz CT molecular complexity index is 342. The minimum Gasteiger partial charge on any atom is -0.313 e. The fraction of sp³-hybridized carbons (Fsp3) is 0.786. The van der Waals surface area contributed by atoms with Gasteiger partial charge in [-0.1, -0.05) is 20.8 Å². The molecule has 0 aliphatic rings. The number of rotatable bonds is 8. The number of hydrogen-bond acceptors (Lipinski definition) is 3. The number of aromatic nitrogens is 2. The molecule has 18 heavy (non-hydrogen) atoms. The Morgan fingerprint density at radius 1 is 1.39 bits per heavy atom. The van der Waals surface area contributed by atoms with Crippen LogP contribution < -0.4 is 5.32 Å². The lowest BCUT2D eigenvalue weighted by atomic mass is 10.1. The van der Waals surface area contributed by atoms with Crippen molar-refractivity contribution >= 4 is 0 Å². The van der Waals surface area contributed by atoms with Gasteiger partial charge in [0.15, 0.2) is 0 Å². The molecule has 1 rings (SSSR count). The highest BCUT2D eigenvalue weighted by molar-refractivity contribution is 5.21. The van der Waals surface area contributed by atoms with Crippen LogP contribution in [0.4, 0.5) is 0 Å². The summed E-state index contributed by atoms with van der Waals surface area (Å²) in [6.45, 7) is 10.7. The lowest BCUT2D eigenvalue weighted by molar-refractivity contribution is 0.367. The second-order valence-corrected chi connectivity index (χ2v) is 5.41. The van der Waals surface area contributed by atoms with Crippen LogP contribution in [0.3, 0.4) is 0 Å². The molecule has 1 heterocycles. The summed E-state index contributed by atoms with van der Waals surface area (Å²) in [6, 6.07) is 0. The predicted octanol–water partition coefficient (Wildman–Crippen LogP) is 2.07. The Morgan fingerprint density at radius 3 is 2.67 bits per heavy atom. The zero-order chi connectivity index (χ0) is 13.5. The minimum atomic E-state index is 0.521. The van der Waals surface area contributed by atoms with E-state index in [0.717, 1.165) is 26.2 Å². The lowest BCUT2D eigenvalue weighted by Gasteiger charge is -2.15. The average molecular weight is 252 g/mol. The number of hydrogen-bond donors (Lipinski definition) is 1. The van der Waals surface area contributed by atoms with Crippen molar-refractivity contribution in [2.45, 2.75) is 46.2 Å². The maximum absolute atomic E-state index is 4.54. The van der Waals surface area contributed by atoms with Gasteiger partial charge < -0.3 is 10.2 Å². The van der Waals surface area contributed by atoms with Gasteiger partial charge in [-0.15, -0.1) is 0 Å². The van der Waals surface area contributed by atoms with Crippen molar-refractivity contribution in [3.63, 3.8) is 0 Å². The zero-order valence-corrected chi connectivity index (χ0v) is 12.5. The lowest BCUT2D eigenvalue weighted by Crippen LogP contribution is -2.21. The molecule has 1 aromatic rings. The third-order valence-corrected chi connectivity index (χ3v) is 3.01. The first-order valence-electron chi connectivity index (χ1n) is 6.96. The van der Waals surface area contributed by atoms with E-state index in [1.165, 1.54) is 17.7 Å². The minimum absolute atomic E-state index is 0.521. The first kappa shape index (κ1) is 15.2. The first-order chi connectivity index (χ1) is 8.56. The number of nitrogens with one attached hydrogen (secondary N) is 1. The summed E-state index contributed by atoms with van der Waals surface area (Å²) in [5, 5.41) is 8.00. The van der Waals surface area contributed by atoms with Crippen LogP contribution in [0.15, 0.2) is 6.20 Å². The molecule has 104 valence electrons. The monoisotopic (exact) mass is 252 g/mol. The number of likely N-dealkylation sites (N-methyl/N-ethyl adjacent to an activating group) is 1. The van der Waals surface area contributed by atoms with Crippen molar-refractivity contribution < 1.29 is 0 Å². The van der Waals surface area contributed by atoms with Crippen molar-refractivity contribution in [1.82, 2.24) is 20.0 Å². The summed E-state index contributed by atoms with van der Waals surface area (Å²) < 4.78 is 2.16. The molecule has 0 spiro atoms. The molecule has 0 radical (unpaired) electrons. The SMILES string of the molecule is CCCNCc1cnn(CCN(C)C)c1C(C)C. The third kappa shape index (κ3) is 4.42. The van der Waals surface area contributed by atoms with Crippen LogP contribution in [0.2, 0.25) is 0 Å². The van der Waals surface area contributed by atoms with Crippen LogP contribution in [0.1, 0.15) is 44.4 Å². The molecular formula is C14H28N4. The molecule has 0 bridgehead atoms. The topological polar surface area (TPSA) is 33.1 Å². The second kappa shape index (κ2) is 7.54. The molecule has 1 N–H and O–H groups in total. The molecule has 0 atom stereocenters. The molecule has 0 aromatic carbocycles. The average Bonchev–Trinajstić information content (AvgIpc) is 2.70. The van der Waals surface area contributed by atoms with Gasteiger partial charge in [0.05, 0.1) is 12.7 Å². The Hall–Kier alpha value is -0.870. The smallest absolute Gasteiger partial charge is 0.0539 e. The van der Waals surface area contributed by atoms with E-state index in [4.69, 9.17) is 0 Å². The van der Waals surface area contributed by atoms with E-state index in [2.05, 4.69) is 54.9 Å². The fourth-order valence-electron chi connectivity index (χ4n) is 2.11. The van der Waals surface area contributed by atoms with Crippen LogP contribution >= 0.6 is 0 Å². The molecule has 0 aliphatic heterocycles. The summed E-state index contributed by atoms with van der Waals surface area (Å²) in [4.78, 5) is 2.20. The molecule has 0 unspecified atom stereocenters. The van der Waals surface area contributed by atoms with E-state index in [9.17, 15) is 0 Å². The van der Waals surface area contributed by atoms with Gasteiger partial charge in [0.25, 0.3) is 0 Å². The standard InChI is InChI=1S/C14H28N4/c1-6-7-15-10-13-11-16-18(9-8-17(4)5)14(13)12(2)3/h11-12,15H,6-10H2,1-5H3. The Kier molecular flexibility index (Phi) is 6.36. The van der Waals surface area contributed by atoms with Gasteiger partial charge in [-0.3, -0.25) is 4.68 Å². The molecule has 4 heteroatoms. The maximum Gasteiger partial charge on any atom is 0.0539 e. The molecule has 1 aromatic heterocycles. The summed E-state index contributed by atoms with van der Waals surface area (Å²) in [6.07, 6.45) is 3.19. The molecular weight excluding hydrogens is 224 g/mol. The van der Waals surface area contributed by atoms with Gasteiger partial charge in [0.1, 0.15) is 0 Å². The molecule has 0 saturated heterocycles. The largest absolute Gasteiger partial charge is 0.313 e. The highest BCUT2D eigenvalue weighted by Gasteiger charge is 2.13. The fourth-order valence-corrected chi connectivity index (χ4v) is 2.11. The highest BCUT2D eigenvalue weighted by atomic mass is 15.3. The molecule has 0 fully saturated rings. The maximum atomic E-state index is 4.54. The van der Waals surface area contributed by atoms with Crippen LogP contribution in [0.25, 0.3) is 0 Å². The Labute approximate surface area is 111 Å². The molecule has 4 nitrogen and oxygen atoms in total. The van der Waals surface area contributed by atoms with Crippen molar-refractivity contribution in [2.75, 3.05) is 27.2 Å². The summed E-state index contributed by atoms with van der Waals surface area (Å²) in [5.41, 5.74) is 2.72. The second-order valence-electron chi connectivity index (χ2n) is 5.41. The Morgan fingerprint density at radius 2 is 2.11 bits per heavy atom. The van der Waals surface area contributed by atoms with E-state index in [0.29, 0.717) is 5.92 Å². The van der Waals surface area contributed by atoms with Crippen molar-refractivity contribution in [3.8, 4) is 0 Å². The van der Waals surface area contributed by atoms with Gasteiger partial charge in [0, 0.05) is 24.3 Å². The summed E-state index contributed by atoms with van der Waals surface area (Å²) in [5.74, 6) is 0.521. The van der Waals surface area contributed by atoms with Gasteiger partial charge in [-0.25, -0.2) is 0 Å². The van der Waals surface area contributed by atoms with E-state index in [1.807, 2.05) is 6.20 Å². The van der Waals surface area contributed by atoms with Crippen LogP contribution in [0.5, 0.6) is 0 Å². The quantitative estimate of drug-likeness (QED) is 0.719. The van der Waals surface area contributed by atoms with E-state index < -0.39 is 0 Å². The van der Waals surface area contributed by atoms with Crippen LogP contribution in [0, 0.1) is 0 Å². The Balaban J connectivity index is 2.72. The third-order valence-electron chi connectivity index (χ3n) is 3.01. The van der Waals surface area contributed by atoms with E-state index in [1.54, 1.807) is 0 Å². The highest BCUT2D eigenvalue weighted by Crippen LogP contribution is 2.19. The number of nitrogens with zero attached hydrogens (tertiary/aromatic N) is 3. The summed E-state index contributed by atoms with van der Waals surface area (Å²) in [7, 11) is 4.20. The van der Waals surface area contributed by atoms with E-state index in [-0.39, 0.29) is 0 Å². The van der Waals surface area contributed by atoms with Crippen LogP contribution in [-0.2, 0) is 13.1 Å². The van der Waals surface area contributed by atoms with Crippen molar-refractivity contribution in [2.24, 2.45) is 0 Å². The van der Waals surface area contributed by atoms with E-state index >= 15 is 0 Å². The molecule has 0 amide bonds. The summed E-state index contributed by atoms with van der Waals surface area (Å²) >= 11 is 0. The molecule has 0 aliphatic carbocycles. The zero-order valence-electron chi connectivity index (χ0n) is 12.5. The van der Waals surface area contributed by atoms with Crippen LogP contribution in [-0.4, -0.2) is 41.9 Å². The predicted molar refractivity (Wildman–Crippen MR) is 76.9 cm³/mol. The van der Waals surface area contributed by atoms with Gasteiger partial charge >= 0.3 is 0 Å².